The molecule has 0 bridgehead atoms. The molecule has 0 saturated carbocycles. The van der Waals surface area contributed by atoms with Crippen LogP contribution in [0, 0.1) is 5.92 Å². The minimum Gasteiger partial charge on any atom is -0.491 e. The summed E-state index contributed by atoms with van der Waals surface area (Å²) in [6.07, 6.45) is 1.69. The Morgan fingerprint density at radius 1 is 1.32 bits per heavy atom. The summed E-state index contributed by atoms with van der Waals surface area (Å²) in [5.74, 6) is 6.09. The molecule has 1 aromatic carbocycles. The average Bonchev–Trinajstić information content (AvgIpc) is 2.56. The van der Waals surface area contributed by atoms with Crippen molar-refractivity contribution < 1.29 is 14.3 Å². The lowest BCUT2D eigenvalue weighted by Crippen LogP contribution is -2.42. The molecule has 1 fully saturated rings. The normalized spacial score (nSPS) is 16.5. The Kier molecular flexibility index (Phi) is 6.64. The van der Waals surface area contributed by atoms with Gasteiger partial charge in [-0.3, -0.25) is 15.1 Å². The number of para-hydroxylation sites is 1. The molecule has 6 nitrogen and oxygen atoms in total. The summed E-state index contributed by atoms with van der Waals surface area (Å²) in [5, 5.41) is 0. The molecule has 0 aromatic heterocycles. The fourth-order valence-corrected chi connectivity index (χ4v) is 2.72. The number of amides is 1. The van der Waals surface area contributed by atoms with Gasteiger partial charge in [0.05, 0.1) is 6.61 Å². The number of hydrazine groups is 1. The van der Waals surface area contributed by atoms with Crippen LogP contribution in [0.1, 0.15) is 18.4 Å². The first-order valence-corrected chi connectivity index (χ1v) is 7.67. The molecule has 3 N–H and O–H groups in total. The predicted octanol–water partition coefficient (Wildman–Crippen LogP) is 0.914. The van der Waals surface area contributed by atoms with Crippen molar-refractivity contribution in [1.29, 1.82) is 0 Å². The van der Waals surface area contributed by atoms with Crippen molar-refractivity contribution in [2.75, 3.05) is 33.4 Å². The number of nitrogens with two attached hydrogens (primary N) is 1. The molecule has 0 radical (unpaired) electrons. The molecule has 1 amide bonds. The number of likely N-dealkylation sites (tertiary alicyclic amines) is 1. The minimum absolute atomic E-state index is 0.0365. The topological polar surface area (TPSA) is 76.8 Å². The fraction of sp³-hybridized carbons (Fsp3) is 0.562. The number of hydrogen-bond acceptors (Lipinski definition) is 5. The Morgan fingerprint density at radius 2 is 2.05 bits per heavy atom. The standard InChI is InChI=1S/C16H25N3O3/c1-21-10-11-22-15-5-3-2-4-14(15)12-19-8-6-13(7-9-19)16(20)18-17/h2-5,13H,6-12,17H2,1H3,(H,18,20). The zero-order chi connectivity index (χ0) is 15.8. The number of carbonyl (C=O) groups is 1. The highest BCUT2D eigenvalue weighted by Gasteiger charge is 2.24. The molecule has 1 saturated heterocycles. The van der Waals surface area contributed by atoms with Gasteiger partial charge in [0.25, 0.3) is 0 Å². The Hall–Kier alpha value is -1.63. The second-order valence-electron chi connectivity index (χ2n) is 5.51. The maximum absolute atomic E-state index is 11.5. The van der Waals surface area contributed by atoms with Gasteiger partial charge in [-0.15, -0.1) is 0 Å². The van der Waals surface area contributed by atoms with Crippen molar-refractivity contribution in [2.45, 2.75) is 19.4 Å². The van der Waals surface area contributed by atoms with Crippen molar-refractivity contribution in [1.82, 2.24) is 10.3 Å². The van der Waals surface area contributed by atoms with Gasteiger partial charge in [-0.2, -0.15) is 0 Å². The lowest BCUT2D eigenvalue weighted by molar-refractivity contribution is -0.126. The van der Waals surface area contributed by atoms with Crippen molar-refractivity contribution in [3.05, 3.63) is 29.8 Å². The summed E-state index contributed by atoms with van der Waals surface area (Å²) in [4.78, 5) is 13.9. The fourth-order valence-electron chi connectivity index (χ4n) is 2.72. The first kappa shape index (κ1) is 16.7. The molecule has 1 aromatic rings. The van der Waals surface area contributed by atoms with Crippen LogP contribution in [0.4, 0.5) is 0 Å². The number of hydrogen-bond donors (Lipinski definition) is 2. The number of carbonyl (C=O) groups excluding carboxylic acids is 1. The van der Waals surface area contributed by atoms with Gasteiger partial charge in [0.2, 0.25) is 5.91 Å². The lowest BCUT2D eigenvalue weighted by atomic mass is 9.96. The average molecular weight is 307 g/mol. The Balaban J connectivity index is 1.88. The molecule has 22 heavy (non-hydrogen) atoms. The van der Waals surface area contributed by atoms with Crippen LogP contribution >= 0.6 is 0 Å². The zero-order valence-electron chi connectivity index (χ0n) is 13.1. The van der Waals surface area contributed by atoms with Crippen LogP contribution in [0.3, 0.4) is 0 Å². The van der Waals surface area contributed by atoms with E-state index in [1.165, 1.54) is 5.56 Å². The monoisotopic (exact) mass is 307 g/mol. The highest BCUT2D eigenvalue weighted by Crippen LogP contribution is 2.23. The van der Waals surface area contributed by atoms with E-state index in [1.807, 2.05) is 18.2 Å². The van der Waals surface area contributed by atoms with Gasteiger partial charge >= 0.3 is 0 Å². The maximum atomic E-state index is 11.5. The van der Waals surface area contributed by atoms with Gasteiger partial charge in [-0.1, -0.05) is 18.2 Å². The van der Waals surface area contributed by atoms with Crippen molar-refractivity contribution in [3.8, 4) is 5.75 Å². The van der Waals surface area contributed by atoms with Crippen LogP contribution < -0.4 is 16.0 Å². The maximum Gasteiger partial charge on any atom is 0.237 e. The van der Waals surface area contributed by atoms with E-state index in [4.69, 9.17) is 15.3 Å². The number of ether oxygens (including phenoxy) is 2. The second kappa shape index (κ2) is 8.73. The van der Waals surface area contributed by atoms with Gasteiger partial charge in [0.15, 0.2) is 0 Å². The van der Waals surface area contributed by atoms with Gasteiger partial charge in [-0.25, -0.2) is 5.84 Å². The van der Waals surface area contributed by atoms with Crippen molar-refractivity contribution in [3.63, 3.8) is 0 Å². The van der Waals surface area contributed by atoms with Crippen molar-refractivity contribution >= 4 is 5.91 Å². The summed E-state index contributed by atoms with van der Waals surface area (Å²) in [6.45, 7) is 3.75. The van der Waals surface area contributed by atoms with Crippen LogP contribution in [-0.4, -0.2) is 44.2 Å². The third-order valence-corrected chi connectivity index (χ3v) is 4.01. The van der Waals surface area contributed by atoms with E-state index < -0.39 is 0 Å². The predicted molar refractivity (Wildman–Crippen MR) is 84.1 cm³/mol. The molecule has 1 heterocycles. The molecule has 0 aliphatic carbocycles. The molecular formula is C16H25N3O3. The number of benzene rings is 1. The van der Waals surface area contributed by atoms with E-state index in [0.29, 0.717) is 13.2 Å². The van der Waals surface area contributed by atoms with Gasteiger partial charge in [0.1, 0.15) is 12.4 Å². The number of nitrogens with zero attached hydrogens (tertiary/aromatic N) is 1. The molecule has 0 spiro atoms. The zero-order valence-corrected chi connectivity index (χ0v) is 13.1. The Bertz CT molecular complexity index is 473. The Labute approximate surface area is 131 Å². The third kappa shape index (κ3) is 4.69. The Morgan fingerprint density at radius 3 is 2.73 bits per heavy atom. The van der Waals surface area contributed by atoms with Gasteiger partial charge in [-0.05, 0) is 32.0 Å². The lowest BCUT2D eigenvalue weighted by Gasteiger charge is -2.31. The highest BCUT2D eigenvalue weighted by atomic mass is 16.5. The van der Waals surface area contributed by atoms with Crippen LogP contribution in [0.5, 0.6) is 5.75 Å². The van der Waals surface area contributed by atoms with E-state index >= 15 is 0 Å². The minimum atomic E-state index is -0.0528. The number of rotatable bonds is 7. The summed E-state index contributed by atoms with van der Waals surface area (Å²) >= 11 is 0. The van der Waals surface area contributed by atoms with E-state index in [1.54, 1.807) is 7.11 Å². The van der Waals surface area contributed by atoms with Crippen LogP contribution in [0.25, 0.3) is 0 Å². The number of piperidine rings is 1. The van der Waals surface area contributed by atoms with Gasteiger partial charge < -0.3 is 9.47 Å². The van der Waals surface area contributed by atoms with Crippen LogP contribution in [0.15, 0.2) is 24.3 Å². The van der Waals surface area contributed by atoms with Crippen LogP contribution in [-0.2, 0) is 16.1 Å². The second-order valence-corrected chi connectivity index (χ2v) is 5.51. The molecule has 0 unspecified atom stereocenters. The summed E-state index contributed by atoms with van der Waals surface area (Å²) in [5.41, 5.74) is 3.41. The molecule has 0 atom stereocenters. The number of nitrogens with one attached hydrogen (secondary N) is 1. The van der Waals surface area contributed by atoms with Crippen molar-refractivity contribution in [2.24, 2.45) is 11.8 Å². The third-order valence-electron chi connectivity index (χ3n) is 4.01. The molecule has 1 aliphatic heterocycles. The summed E-state index contributed by atoms with van der Waals surface area (Å²) in [7, 11) is 1.66. The smallest absolute Gasteiger partial charge is 0.237 e. The molecule has 2 rings (SSSR count). The molecule has 6 heteroatoms. The quantitative estimate of drug-likeness (QED) is 0.339. The summed E-state index contributed by atoms with van der Waals surface area (Å²) in [6, 6.07) is 8.07. The molecule has 122 valence electrons. The van der Waals surface area contributed by atoms with E-state index in [0.717, 1.165) is 38.2 Å². The highest BCUT2D eigenvalue weighted by molar-refractivity contribution is 5.78. The van der Waals surface area contributed by atoms with E-state index in [9.17, 15) is 4.79 Å². The summed E-state index contributed by atoms with van der Waals surface area (Å²) < 4.78 is 10.8. The molecular weight excluding hydrogens is 282 g/mol. The van der Waals surface area contributed by atoms with E-state index in [-0.39, 0.29) is 11.8 Å². The molecule has 1 aliphatic rings. The van der Waals surface area contributed by atoms with E-state index in [2.05, 4.69) is 16.4 Å². The SMILES string of the molecule is COCCOc1ccccc1CN1CCC(C(=O)NN)CC1. The first-order chi connectivity index (χ1) is 10.7. The number of methoxy groups -OCH3 is 1. The largest absolute Gasteiger partial charge is 0.491 e. The first-order valence-electron chi connectivity index (χ1n) is 7.67. The van der Waals surface area contributed by atoms with Gasteiger partial charge in [0, 0.05) is 25.1 Å². The van der Waals surface area contributed by atoms with Crippen LogP contribution in [0.2, 0.25) is 0 Å².